The standard InChI is InChI=1S/C17H24N2/c1-12-4-6-15-11-16(8-7-14(15)10-12)17(19-3)9-5-13(2)18/h4,6-8,10-11,13,17,19H,5,9,18H2,1-3H3. The van der Waals surface area contributed by atoms with Gasteiger partial charge in [0.15, 0.2) is 0 Å². The minimum Gasteiger partial charge on any atom is -0.328 e. The molecule has 0 radical (unpaired) electrons. The van der Waals surface area contributed by atoms with Crippen LogP contribution in [-0.4, -0.2) is 13.1 Å². The van der Waals surface area contributed by atoms with Gasteiger partial charge < -0.3 is 11.1 Å². The van der Waals surface area contributed by atoms with Crippen LogP contribution in [0, 0.1) is 6.92 Å². The van der Waals surface area contributed by atoms with E-state index in [2.05, 4.69) is 55.6 Å². The number of nitrogens with one attached hydrogen (secondary N) is 1. The van der Waals surface area contributed by atoms with Crippen molar-refractivity contribution in [2.24, 2.45) is 5.73 Å². The lowest BCUT2D eigenvalue weighted by Gasteiger charge is -2.18. The van der Waals surface area contributed by atoms with Crippen LogP contribution in [0.1, 0.15) is 36.9 Å². The number of aryl methyl sites for hydroxylation is 1. The van der Waals surface area contributed by atoms with Crippen molar-refractivity contribution >= 4 is 10.8 Å². The fraction of sp³-hybridized carbons (Fsp3) is 0.412. The van der Waals surface area contributed by atoms with Gasteiger partial charge in [0.25, 0.3) is 0 Å². The van der Waals surface area contributed by atoms with Crippen molar-refractivity contribution in [1.29, 1.82) is 0 Å². The van der Waals surface area contributed by atoms with E-state index in [0.717, 1.165) is 12.8 Å². The molecule has 0 aliphatic rings. The van der Waals surface area contributed by atoms with Gasteiger partial charge in [-0.1, -0.05) is 35.9 Å². The Labute approximate surface area is 116 Å². The number of fused-ring (bicyclic) bond motifs is 1. The van der Waals surface area contributed by atoms with Crippen LogP contribution in [0.3, 0.4) is 0 Å². The maximum absolute atomic E-state index is 5.85. The summed E-state index contributed by atoms with van der Waals surface area (Å²) in [6, 6.07) is 14.0. The molecule has 0 aliphatic heterocycles. The summed E-state index contributed by atoms with van der Waals surface area (Å²) in [4.78, 5) is 0. The van der Waals surface area contributed by atoms with Crippen LogP contribution in [-0.2, 0) is 0 Å². The van der Waals surface area contributed by atoms with E-state index in [1.54, 1.807) is 0 Å². The van der Waals surface area contributed by atoms with Crippen molar-refractivity contribution in [3.63, 3.8) is 0 Å². The Balaban J connectivity index is 2.25. The van der Waals surface area contributed by atoms with Crippen molar-refractivity contribution in [3.05, 3.63) is 47.5 Å². The quantitative estimate of drug-likeness (QED) is 0.858. The molecular formula is C17H24N2. The molecule has 0 spiro atoms. The molecule has 0 bridgehead atoms. The normalized spacial score (nSPS) is 14.5. The Bertz CT molecular complexity index is 546. The van der Waals surface area contributed by atoms with Crippen LogP contribution < -0.4 is 11.1 Å². The third-order valence-corrected chi connectivity index (χ3v) is 3.68. The molecule has 19 heavy (non-hydrogen) atoms. The number of benzene rings is 2. The lowest BCUT2D eigenvalue weighted by atomic mass is 9.97. The van der Waals surface area contributed by atoms with Gasteiger partial charge in [0.1, 0.15) is 0 Å². The van der Waals surface area contributed by atoms with Crippen molar-refractivity contribution in [2.45, 2.75) is 38.8 Å². The summed E-state index contributed by atoms with van der Waals surface area (Å²) >= 11 is 0. The van der Waals surface area contributed by atoms with E-state index in [1.807, 2.05) is 7.05 Å². The van der Waals surface area contributed by atoms with E-state index in [4.69, 9.17) is 5.73 Å². The van der Waals surface area contributed by atoms with E-state index in [1.165, 1.54) is 21.9 Å². The molecule has 2 aromatic rings. The minimum absolute atomic E-state index is 0.263. The first-order valence-corrected chi connectivity index (χ1v) is 7.03. The number of hydrogen-bond donors (Lipinski definition) is 2. The summed E-state index contributed by atoms with van der Waals surface area (Å²) in [5.41, 5.74) is 8.51. The molecule has 2 rings (SSSR count). The molecule has 0 amide bonds. The van der Waals surface area contributed by atoms with Crippen LogP contribution in [0.15, 0.2) is 36.4 Å². The van der Waals surface area contributed by atoms with E-state index in [-0.39, 0.29) is 6.04 Å². The van der Waals surface area contributed by atoms with Crippen LogP contribution >= 0.6 is 0 Å². The first-order valence-electron chi connectivity index (χ1n) is 7.03. The molecule has 3 N–H and O–H groups in total. The van der Waals surface area contributed by atoms with Gasteiger partial charge in [0, 0.05) is 12.1 Å². The SMILES string of the molecule is CNC(CCC(C)N)c1ccc2cc(C)ccc2c1. The van der Waals surface area contributed by atoms with E-state index < -0.39 is 0 Å². The Kier molecular flexibility index (Phi) is 4.56. The fourth-order valence-electron chi connectivity index (χ4n) is 2.51. The second-order valence-corrected chi connectivity index (χ2v) is 5.51. The zero-order valence-electron chi connectivity index (χ0n) is 12.1. The number of hydrogen-bond acceptors (Lipinski definition) is 2. The highest BCUT2D eigenvalue weighted by molar-refractivity contribution is 5.83. The topological polar surface area (TPSA) is 38.0 Å². The highest BCUT2D eigenvalue weighted by Gasteiger charge is 2.10. The average Bonchev–Trinajstić information content (AvgIpc) is 2.39. The van der Waals surface area contributed by atoms with Crippen LogP contribution in [0.5, 0.6) is 0 Å². The first kappa shape index (κ1) is 14.0. The summed E-state index contributed by atoms with van der Waals surface area (Å²) in [6.07, 6.45) is 2.11. The number of rotatable bonds is 5. The molecule has 102 valence electrons. The van der Waals surface area contributed by atoms with Gasteiger partial charge in [-0.15, -0.1) is 0 Å². The monoisotopic (exact) mass is 256 g/mol. The third kappa shape index (κ3) is 3.55. The maximum atomic E-state index is 5.85. The molecule has 0 aliphatic carbocycles. The average molecular weight is 256 g/mol. The van der Waals surface area contributed by atoms with Crippen molar-refractivity contribution in [2.75, 3.05) is 7.05 Å². The zero-order chi connectivity index (χ0) is 13.8. The summed E-state index contributed by atoms with van der Waals surface area (Å²) in [7, 11) is 2.02. The van der Waals surface area contributed by atoms with Crippen LogP contribution in [0.4, 0.5) is 0 Å². The van der Waals surface area contributed by atoms with Gasteiger partial charge in [-0.05, 0) is 56.1 Å². The molecule has 0 fully saturated rings. The summed E-state index contributed by atoms with van der Waals surface area (Å²) in [5.74, 6) is 0. The second-order valence-electron chi connectivity index (χ2n) is 5.51. The third-order valence-electron chi connectivity index (χ3n) is 3.68. The van der Waals surface area contributed by atoms with Crippen LogP contribution in [0.25, 0.3) is 10.8 Å². The van der Waals surface area contributed by atoms with Crippen molar-refractivity contribution in [3.8, 4) is 0 Å². The Morgan fingerprint density at radius 2 is 1.74 bits per heavy atom. The van der Waals surface area contributed by atoms with Gasteiger partial charge in [-0.2, -0.15) is 0 Å². The Hall–Kier alpha value is -1.38. The molecule has 0 saturated heterocycles. The molecule has 2 heteroatoms. The highest BCUT2D eigenvalue weighted by Crippen LogP contribution is 2.24. The second kappa shape index (κ2) is 6.18. The molecule has 0 aromatic heterocycles. The van der Waals surface area contributed by atoms with Gasteiger partial charge in [-0.25, -0.2) is 0 Å². The molecule has 2 nitrogen and oxygen atoms in total. The van der Waals surface area contributed by atoms with Gasteiger partial charge >= 0.3 is 0 Å². The van der Waals surface area contributed by atoms with Gasteiger partial charge in [-0.3, -0.25) is 0 Å². The minimum atomic E-state index is 0.263. The highest BCUT2D eigenvalue weighted by atomic mass is 14.9. The smallest absolute Gasteiger partial charge is 0.0318 e. The lowest BCUT2D eigenvalue weighted by molar-refractivity contribution is 0.497. The van der Waals surface area contributed by atoms with Crippen LogP contribution in [0.2, 0.25) is 0 Å². The molecule has 2 unspecified atom stereocenters. The Morgan fingerprint density at radius 3 is 2.42 bits per heavy atom. The molecule has 0 saturated carbocycles. The van der Waals surface area contributed by atoms with Gasteiger partial charge in [0.05, 0.1) is 0 Å². The van der Waals surface area contributed by atoms with Crippen molar-refractivity contribution in [1.82, 2.24) is 5.32 Å². The largest absolute Gasteiger partial charge is 0.328 e. The fourth-order valence-corrected chi connectivity index (χ4v) is 2.51. The van der Waals surface area contributed by atoms with E-state index in [9.17, 15) is 0 Å². The summed E-state index contributed by atoms with van der Waals surface area (Å²) < 4.78 is 0. The van der Waals surface area contributed by atoms with E-state index >= 15 is 0 Å². The first-order chi connectivity index (χ1) is 9.10. The lowest BCUT2D eigenvalue weighted by Crippen LogP contribution is -2.21. The molecule has 0 heterocycles. The van der Waals surface area contributed by atoms with Crippen molar-refractivity contribution < 1.29 is 0 Å². The van der Waals surface area contributed by atoms with E-state index in [0.29, 0.717) is 6.04 Å². The van der Waals surface area contributed by atoms with Gasteiger partial charge in [0.2, 0.25) is 0 Å². The zero-order valence-corrected chi connectivity index (χ0v) is 12.1. The predicted octanol–water partition coefficient (Wildman–Crippen LogP) is 3.54. The number of nitrogens with two attached hydrogens (primary N) is 1. The molecular weight excluding hydrogens is 232 g/mol. The summed E-state index contributed by atoms with van der Waals surface area (Å²) in [5, 5.41) is 6.01. The molecule has 2 atom stereocenters. The predicted molar refractivity (Wildman–Crippen MR) is 83.4 cm³/mol. The Morgan fingerprint density at radius 1 is 1.05 bits per heavy atom. The summed E-state index contributed by atoms with van der Waals surface area (Å²) in [6.45, 7) is 4.20. The molecule has 2 aromatic carbocycles. The maximum Gasteiger partial charge on any atom is 0.0318 e.